The lowest BCUT2D eigenvalue weighted by Crippen LogP contribution is -2.38. The molecule has 0 spiro atoms. The Hall–Kier alpha value is -2.82. The van der Waals surface area contributed by atoms with Crippen LogP contribution in [0.4, 0.5) is 0 Å². The molecule has 0 radical (unpaired) electrons. The highest BCUT2D eigenvalue weighted by atomic mass is 16.5. The maximum absolute atomic E-state index is 12.6. The molecule has 5 heteroatoms. The summed E-state index contributed by atoms with van der Waals surface area (Å²) in [5.41, 5.74) is 2.95. The van der Waals surface area contributed by atoms with Gasteiger partial charge >= 0.3 is 0 Å². The van der Waals surface area contributed by atoms with Crippen molar-refractivity contribution in [2.75, 3.05) is 19.7 Å². The SMILES string of the molecule is CCOc1cccc(CNC(=O)CCC2CCN(C(=O)c3ccc(C)cc3)CC2)c1. The Morgan fingerprint density at radius 3 is 2.53 bits per heavy atom. The number of nitrogens with zero attached hydrogens (tertiary/aromatic N) is 1. The zero-order valence-electron chi connectivity index (χ0n) is 18.0. The summed E-state index contributed by atoms with van der Waals surface area (Å²) in [7, 11) is 0. The van der Waals surface area contributed by atoms with Crippen molar-refractivity contribution in [3.8, 4) is 5.75 Å². The third-order valence-electron chi connectivity index (χ3n) is 5.68. The molecule has 1 heterocycles. The van der Waals surface area contributed by atoms with Crippen LogP contribution in [0.25, 0.3) is 0 Å². The highest BCUT2D eigenvalue weighted by Crippen LogP contribution is 2.23. The first-order valence-electron chi connectivity index (χ1n) is 10.9. The number of nitrogens with one attached hydrogen (secondary N) is 1. The predicted molar refractivity (Wildman–Crippen MR) is 118 cm³/mol. The summed E-state index contributed by atoms with van der Waals surface area (Å²) < 4.78 is 5.50. The van der Waals surface area contributed by atoms with E-state index in [4.69, 9.17) is 4.74 Å². The molecule has 0 aliphatic carbocycles. The summed E-state index contributed by atoms with van der Waals surface area (Å²) in [4.78, 5) is 26.8. The molecule has 5 nitrogen and oxygen atoms in total. The molecule has 30 heavy (non-hydrogen) atoms. The van der Waals surface area contributed by atoms with Gasteiger partial charge in [-0.2, -0.15) is 0 Å². The van der Waals surface area contributed by atoms with Crippen LogP contribution in [-0.2, 0) is 11.3 Å². The molecule has 1 saturated heterocycles. The Bertz CT molecular complexity index is 840. The number of hydrogen-bond acceptors (Lipinski definition) is 3. The largest absolute Gasteiger partial charge is 0.494 e. The van der Waals surface area contributed by atoms with Crippen molar-refractivity contribution in [1.82, 2.24) is 10.2 Å². The molecule has 1 N–H and O–H groups in total. The lowest BCUT2D eigenvalue weighted by atomic mass is 9.91. The Kier molecular flexibility index (Phi) is 7.89. The standard InChI is InChI=1S/C25H32N2O3/c1-3-30-23-6-4-5-21(17-23)18-26-24(28)12-9-20-13-15-27(16-14-20)25(29)22-10-7-19(2)8-11-22/h4-8,10-11,17,20H,3,9,12-16,18H2,1-2H3,(H,26,28). The summed E-state index contributed by atoms with van der Waals surface area (Å²) in [5.74, 6) is 1.52. The van der Waals surface area contributed by atoms with Gasteiger partial charge in [-0.15, -0.1) is 0 Å². The molecular weight excluding hydrogens is 376 g/mol. The normalized spacial score (nSPS) is 14.4. The fourth-order valence-electron chi connectivity index (χ4n) is 3.84. The molecule has 1 aliphatic heterocycles. The van der Waals surface area contributed by atoms with E-state index in [1.54, 1.807) is 0 Å². The highest BCUT2D eigenvalue weighted by Gasteiger charge is 2.24. The van der Waals surface area contributed by atoms with E-state index >= 15 is 0 Å². The van der Waals surface area contributed by atoms with Crippen LogP contribution in [0.2, 0.25) is 0 Å². The monoisotopic (exact) mass is 408 g/mol. The van der Waals surface area contributed by atoms with E-state index in [1.807, 2.05) is 67.3 Å². The van der Waals surface area contributed by atoms with Crippen molar-refractivity contribution in [1.29, 1.82) is 0 Å². The van der Waals surface area contributed by atoms with Crippen molar-refractivity contribution >= 4 is 11.8 Å². The van der Waals surface area contributed by atoms with E-state index in [9.17, 15) is 9.59 Å². The Labute approximate surface area is 179 Å². The van der Waals surface area contributed by atoms with E-state index < -0.39 is 0 Å². The predicted octanol–water partition coefficient (Wildman–Crippen LogP) is 4.34. The first-order chi connectivity index (χ1) is 14.5. The van der Waals surface area contributed by atoms with Crippen LogP contribution in [-0.4, -0.2) is 36.4 Å². The van der Waals surface area contributed by atoms with E-state index in [-0.39, 0.29) is 11.8 Å². The molecule has 2 amide bonds. The summed E-state index contributed by atoms with van der Waals surface area (Å²) in [5, 5.41) is 3.00. The van der Waals surface area contributed by atoms with Gasteiger partial charge in [-0.3, -0.25) is 9.59 Å². The third kappa shape index (κ3) is 6.34. The van der Waals surface area contributed by atoms with Crippen LogP contribution < -0.4 is 10.1 Å². The topological polar surface area (TPSA) is 58.6 Å². The number of hydrogen-bond donors (Lipinski definition) is 1. The fourth-order valence-corrected chi connectivity index (χ4v) is 3.84. The van der Waals surface area contributed by atoms with E-state index in [2.05, 4.69) is 5.32 Å². The van der Waals surface area contributed by atoms with Crippen LogP contribution in [0.1, 0.15) is 54.1 Å². The number of ether oxygens (including phenoxy) is 1. The summed E-state index contributed by atoms with van der Waals surface area (Å²) >= 11 is 0. The first kappa shape index (κ1) is 21.9. The van der Waals surface area contributed by atoms with Crippen LogP contribution in [0.3, 0.4) is 0 Å². The van der Waals surface area contributed by atoms with Gasteiger partial charge in [0.1, 0.15) is 5.75 Å². The van der Waals surface area contributed by atoms with Gasteiger partial charge in [0.15, 0.2) is 0 Å². The quantitative estimate of drug-likeness (QED) is 0.707. The molecule has 0 bridgehead atoms. The number of amides is 2. The Morgan fingerprint density at radius 1 is 1.10 bits per heavy atom. The van der Waals surface area contributed by atoms with Gasteiger partial charge in [0.2, 0.25) is 5.91 Å². The van der Waals surface area contributed by atoms with Crippen molar-refractivity contribution in [3.05, 3.63) is 65.2 Å². The van der Waals surface area contributed by atoms with Gasteiger partial charge in [0, 0.05) is 31.6 Å². The lowest BCUT2D eigenvalue weighted by Gasteiger charge is -2.32. The number of carbonyl (C=O) groups excluding carboxylic acids is 2. The summed E-state index contributed by atoms with van der Waals surface area (Å²) in [6.07, 6.45) is 3.32. The van der Waals surface area contributed by atoms with Crippen LogP contribution in [0, 0.1) is 12.8 Å². The van der Waals surface area contributed by atoms with Crippen LogP contribution in [0.15, 0.2) is 48.5 Å². The average Bonchev–Trinajstić information content (AvgIpc) is 2.77. The van der Waals surface area contributed by atoms with Crippen molar-refractivity contribution in [2.45, 2.75) is 46.1 Å². The molecule has 1 aliphatic rings. The van der Waals surface area contributed by atoms with Gasteiger partial charge < -0.3 is 15.0 Å². The molecule has 3 rings (SSSR count). The molecule has 1 fully saturated rings. The first-order valence-corrected chi connectivity index (χ1v) is 10.9. The molecular formula is C25H32N2O3. The number of rotatable bonds is 8. The van der Waals surface area contributed by atoms with Crippen molar-refractivity contribution in [3.63, 3.8) is 0 Å². The van der Waals surface area contributed by atoms with Crippen molar-refractivity contribution < 1.29 is 14.3 Å². The second-order valence-corrected chi connectivity index (χ2v) is 8.00. The second-order valence-electron chi connectivity index (χ2n) is 8.00. The van der Waals surface area contributed by atoms with Gasteiger partial charge in [-0.05, 0) is 68.9 Å². The minimum Gasteiger partial charge on any atom is -0.494 e. The van der Waals surface area contributed by atoms with Crippen LogP contribution >= 0.6 is 0 Å². The summed E-state index contributed by atoms with van der Waals surface area (Å²) in [6.45, 7) is 6.66. The second kappa shape index (κ2) is 10.8. The molecule has 0 aromatic heterocycles. The van der Waals surface area contributed by atoms with E-state index in [0.717, 1.165) is 54.8 Å². The maximum atomic E-state index is 12.6. The third-order valence-corrected chi connectivity index (χ3v) is 5.68. The molecule has 0 saturated carbocycles. The lowest BCUT2D eigenvalue weighted by molar-refractivity contribution is -0.121. The molecule has 0 atom stereocenters. The number of likely N-dealkylation sites (tertiary alicyclic amines) is 1. The van der Waals surface area contributed by atoms with Gasteiger partial charge in [-0.1, -0.05) is 29.8 Å². The minimum absolute atomic E-state index is 0.0787. The summed E-state index contributed by atoms with van der Waals surface area (Å²) in [6, 6.07) is 15.6. The smallest absolute Gasteiger partial charge is 0.253 e. The molecule has 0 unspecified atom stereocenters. The number of aryl methyl sites for hydroxylation is 1. The van der Waals surface area contributed by atoms with Gasteiger partial charge in [0.25, 0.3) is 5.91 Å². The minimum atomic E-state index is 0.0787. The zero-order chi connectivity index (χ0) is 21.3. The van der Waals surface area contributed by atoms with E-state index in [0.29, 0.717) is 25.5 Å². The fraction of sp³-hybridized carbons (Fsp3) is 0.440. The Balaban J connectivity index is 1.37. The van der Waals surface area contributed by atoms with Crippen LogP contribution in [0.5, 0.6) is 5.75 Å². The number of benzene rings is 2. The van der Waals surface area contributed by atoms with Crippen molar-refractivity contribution in [2.24, 2.45) is 5.92 Å². The molecule has 2 aromatic carbocycles. The number of piperidine rings is 1. The maximum Gasteiger partial charge on any atom is 0.253 e. The highest BCUT2D eigenvalue weighted by molar-refractivity contribution is 5.94. The molecule has 160 valence electrons. The zero-order valence-corrected chi connectivity index (χ0v) is 18.0. The Morgan fingerprint density at radius 2 is 1.83 bits per heavy atom. The van der Waals surface area contributed by atoms with E-state index in [1.165, 1.54) is 0 Å². The van der Waals surface area contributed by atoms with Gasteiger partial charge in [-0.25, -0.2) is 0 Å². The molecule has 2 aromatic rings. The van der Waals surface area contributed by atoms with Gasteiger partial charge in [0.05, 0.1) is 6.61 Å². The average molecular weight is 409 g/mol. The number of carbonyl (C=O) groups is 2.